The predicted octanol–water partition coefficient (Wildman–Crippen LogP) is 1.07. The van der Waals surface area contributed by atoms with E-state index in [0.717, 1.165) is 18.4 Å². The summed E-state index contributed by atoms with van der Waals surface area (Å²) in [5, 5.41) is 12.7. The predicted molar refractivity (Wildman–Crippen MR) is 79.7 cm³/mol. The molecule has 1 amide bonds. The molecule has 0 aromatic heterocycles. The van der Waals surface area contributed by atoms with Crippen LogP contribution in [0.4, 0.5) is 0 Å². The van der Waals surface area contributed by atoms with E-state index in [1.54, 1.807) is 0 Å². The molecule has 2 rings (SSSR count). The Bertz CT molecular complexity index is 464. The molecule has 1 aromatic rings. The number of rotatable bonds is 6. The highest BCUT2D eigenvalue weighted by molar-refractivity contribution is 5.91. The van der Waals surface area contributed by atoms with Crippen LogP contribution >= 0.6 is 0 Å². The Kier molecular flexibility index (Phi) is 4.45. The van der Waals surface area contributed by atoms with Crippen molar-refractivity contribution in [1.29, 1.82) is 0 Å². The number of amides is 1. The average molecular weight is 276 g/mol. The maximum atomic E-state index is 12.4. The minimum Gasteiger partial charge on any atom is -0.390 e. The summed E-state index contributed by atoms with van der Waals surface area (Å²) in [6.07, 6.45) is 1.26. The van der Waals surface area contributed by atoms with Gasteiger partial charge in [-0.15, -0.1) is 0 Å². The van der Waals surface area contributed by atoms with Gasteiger partial charge >= 0.3 is 0 Å². The van der Waals surface area contributed by atoms with Crippen molar-refractivity contribution in [2.45, 2.75) is 31.3 Å². The van der Waals surface area contributed by atoms with E-state index in [1.165, 1.54) is 5.56 Å². The van der Waals surface area contributed by atoms with Gasteiger partial charge in [0, 0.05) is 13.1 Å². The number of hydrogen-bond donors (Lipinski definition) is 2. The molecular formula is C16H24N2O2. The first-order valence-corrected chi connectivity index (χ1v) is 7.12. The largest absolute Gasteiger partial charge is 0.390 e. The normalized spacial score (nSPS) is 17.9. The lowest BCUT2D eigenvalue weighted by molar-refractivity contribution is -0.124. The minimum atomic E-state index is -0.525. The molecule has 1 atom stereocenters. The number of nitrogens with one attached hydrogen (secondary N) is 1. The monoisotopic (exact) mass is 276 g/mol. The van der Waals surface area contributed by atoms with Gasteiger partial charge in [-0.3, -0.25) is 4.79 Å². The fourth-order valence-electron chi connectivity index (χ4n) is 2.51. The minimum absolute atomic E-state index is 0.0409. The van der Waals surface area contributed by atoms with Crippen LogP contribution in [0.2, 0.25) is 0 Å². The summed E-state index contributed by atoms with van der Waals surface area (Å²) >= 11 is 0. The van der Waals surface area contributed by atoms with Gasteiger partial charge in [0.15, 0.2) is 0 Å². The SMILES string of the molecule is Cc1ccc(C2(C(=O)NC[C@@H](O)CN(C)C)CC2)cc1. The standard InChI is InChI=1S/C16H24N2O2/c1-12-4-6-13(7-5-12)16(8-9-16)15(20)17-10-14(19)11-18(2)3/h4-7,14,19H,8-11H2,1-3H3,(H,17,20)/t14-/m1/s1. The van der Waals surface area contributed by atoms with Gasteiger partial charge in [-0.25, -0.2) is 0 Å². The number of nitrogens with zero attached hydrogens (tertiary/aromatic N) is 1. The fraction of sp³-hybridized carbons (Fsp3) is 0.562. The van der Waals surface area contributed by atoms with Crippen LogP contribution in [0.5, 0.6) is 0 Å². The van der Waals surface area contributed by atoms with Crippen molar-refractivity contribution < 1.29 is 9.90 Å². The molecule has 0 aliphatic heterocycles. The molecule has 1 fully saturated rings. The van der Waals surface area contributed by atoms with Crippen molar-refractivity contribution >= 4 is 5.91 Å². The van der Waals surface area contributed by atoms with Crippen LogP contribution in [0, 0.1) is 6.92 Å². The molecule has 1 aromatic carbocycles. The highest BCUT2D eigenvalue weighted by Gasteiger charge is 2.51. The zero-order valence-corrected chi connectivity index (χ0v) is 12.5. The second-order valence-corrected chi connectivity index (χ2v) is 6.07. The highest BCUT2D eigenvalue weighted by atomic mass is 16.3. The van der Waals surface area contributed by atoms with Crippen LogP contribution < -0.4 is 5.32 Å². The number of carbonyl (C=O) groups excluding carboxylic acids is 1. The number of aliphatic hydroxyl groups excluding tert-OH is 1. The van der Waals surface area contributed by atoms with Gasteiger partial charge < -0.3 is 15.3 Å². The van der Waals surface area contributed by atoms with E-state index in [-0.39, 0.29) is 11.3 Å². The van der Waals surface area contributed by atoms with Gasteiger partial charge in [0.2, 0.25) is 5.91 Å². The Morgan fingerprint density at radius 3 is 2.45 bits per heavy atom. The molecule has 1 saturated carbocycles. The van der Waals surface area contributed by atoms with Crippen LogP contribution in [-0.2, 0) is 10.2 Å². The summed E-state index contributed by atoms with van der Waals surface area (Å²) in [4.78, 5) is 14.3. The zero-order chi connectivity index (χ0) is 14.8. The van der Waals surface area contributed by atoms with Crippen LogP contribution in [0.15, 0.2) is 24.3 Å². The molecule has 0 bridgehead atoms. The van der Waals surface area contributed by atoms with E-state index >= 15 is 0 Å². The van der Waals surface area contributed by atoms with Gasteiger partial charge in [-0.2, -0.15) is 0 Å². The Labute approximate surface area is 120 Å². The Morgan fingerprint density at radius 1 is 1.35 bits per heavy atom. The number of benzene rings is 1. The second-order valence-electron chi connectivity index (χ2n) is 6.07. The van der Waals surface area contributed by atoms with Crippen molar-refractivity contribution in [1.82, 2.24) is 10.2 Å². The van der Waals surface area contributed by atoms with Crippen molar-refractivity contribution in [2.75, 3.05) is 27.2 Å². The van der Waals surface area contributed by atoms with Crippen molar-refractivity contribution in [3.63, 3.8) is 0 Å². The maximum absolute atomic E-state index is 12.4. The van der Waals surface area contributed by atoms with Crippen LogP contribution in [0.3, 0.4) is 0 Å². The Balaban J connectivity index is 1.93. The molecule has 4 heteroatoms. The molecule has 0 heterocycles. The Morgan fingerprint density at radius 2 is 1.95 bits per heavy atom. The highest BCUT2D eigenvalue weighted by Crippen LogP contribution is 2.48. The smallest absolute Gasteiger partial charge is 0.230 e. The van der Waals surface area contributed by atoms with E-state index in [2.05, 4.69) is 5.32 Å². The van der Waals surface area contributed by atoms with Gasteiger partial charge in [0.05, 0.1) is 11.5 Å². The molecule has 1 aliphatic rings. The quantitative estimate of drug-likeness (QED) is 0.817. The van der Waals surface area contributed by atoms with E-state index < -0.39 is 6.10 Å². The van der Waals surface area contributed by atoms with E-state index in [4.69, 9.17) is 0 Å². The lowest BCUT2D eigenvalue weighted by Crippen LogP contribution is -2.42. The number of likely N-dealkylation sites (N-methyl/N-ethyl adjacent to an activating group) is 1. The molecule has 1 aliphatic carbocycles. The number of hydrogen-bond acceptors (Lipinski definition) is 3. The van der Waals surface area contributed by atoms with Gasteiger partial charge in [-0.1, -0.05) is 29.8 Å². The molecule has 0 unspecified atom stereocenters. The van der Waals surface area contributed by atoms with Crippen LogP contribution in [-0.4, -0.2) is 49.2 Å². The third kappa shape index (κ3) is 3.38. The maximum Gasteiger partial charge on any atom is 0.230 e. The average Bonchev–Trinajstić information content (AvgIpc) is 3.17. The fourth-order valence-corrected chi connectivity index (χ4v) is 2.51. The van der Waals surface area contributed by atoms with Gasteiger partial charge in [-0.05, 0) is 39.4 Å². The van der Waals surface area contributed by atoms with Crippen molar-refractivity contribution in [3.8, 4) is 0 Å². The zero-order valence-electron chi connectivity index (χ0n) is 12.5. The van der Waals surface area contributed by atoms with E-state index in [0.29, 0.717) is 13.1 Å². The summed E-state index contributed by atoms with van der Waals surface area (Å²) in [6.45, 7) is 2.91. The molecular weight excluding hydrogens is 252 g/mol. The molecule has 2 N–H and O–H groups in total. The summed E-state index contributed by atoms with van der Waals surface area (Å²) in [5.41, 5.74) is 1.93. The lowest BCUT2D eigenvalue weighted by Gasteiger charge is -2.20. The Hall–Kier alpha value is -1.39. The van der Waals surface area contributed by atoms with Crippen LogP contribution in [0.25, 0.3) is 0 Å². The first kappa shape index (κ1) is 15.0. The molecule has 110 valence electrons. The molecule has 20 heavy (non-hydrogen) atoms. The summed E-state index contributed by atoms with van der Waals surface area (Å²) in [5.74, 6) is 0.0409. The lowest BCUT2D eigenvalue weighted by atomic mass is 9.94. The summed E-state index contributed by atoms with van der Waals surface area (Å²) < 4.78 is 0. The second kappa shape index (κ2) is 5.94. The molecule has 0 spiro atoms. The summed E-state index contributed by atoms with van der Waals surface area (Å²) in [6, 6.07) is 8.17. The molecule has 0 saturated heterocycles. The number of carbonyl (C=O) groups is 1. The summed E-state index contributed by atoms with van der Waals surface area (Å²) in [7, 11) is 3.81. The van der Waals surface area contributed by atoms with Crippen LogP contribution in [0.1, 0.15) is 24.0 Å². The van der Waals surface area contributed by atoms with Crippen molar-refractivity contribution in [2.24, 2.45) is 0 Å². The third-order valence-electron chi connectivity index (χ3n) is 3.86. The number of aryl methyl sites for hydroxylation is 1. The van der Waals surface area contributed by atoms with Gasteiger partial charge in [0.1, 0.15) is 0 Å². The van der Waals surface area contributed by atoms with Gasteiger partial charge in [0.25, 0.3) is 0 Å². The molecule has 0 radical (unpaired) electrons. The molecule has 4 nitrogen and oxygen atoms in total. The van der Waals surface area contributed by atoms with E-state index in [9.17, 15) is 9.90 Å². The topological polar surface area (TPSA) is 52.6 Å². The third-order valence-corrected chi connectivity index (χ3v) is 3.86. The number of aliphatic hydroxyl groups is 1. The van der Waals surface area contributed by atoms with E-state index in [1.807, 2.05) is 50.2 Å². The first-order valence-electron chi connectivity index (χ1n) is 7.12. The first-order chi connectivity index (χ1) is 9.44. The van der Waals surface area contributed by atoms with Crippen molar-refractivity contribution in [3.05, 3.63) is 35.4 Å².